The van der Waals surface area contributed by atoms with Crippen LogP contribution in [0, 0.1) is 5.41 Å². The van der Waals surface area contributed by atoms with E-state index in [2.05, 4.69) is 20.8 Å². The number of hydrogen-bond acceptors (Lipinski definition) is 1. The summed E-state index contributed by atoms with van der Waals surface area (Å²) in [6.07, 6.45) is 5.50. The average Bonchev–Trinajstić information content (AvgIpc) is 1.98. The highest BCUT2D eigenvalue weighted by Crippen LogP contribution is 2.26. The van der Waals surface area contributed by atoms with Gasteiger partial charge in [0, 0.05) is 6.42 Å². The van der Waals surface area contributed by atoms with Crippen molar-refractivity contribution in [3.8, 4) is 0 Å². The largest absolute Gasteiger partial charge is 0.300 e. The van der Waals surface area contributed by atoms with Crippen molar-refractivity contribution in [2.24, 2.45) is 5.41 Å². The molecule has 72 valence electrons. The predicted molar refractivity (Wildman–Crippen MR) is 53.2 cm³/mol. The second kappa shape index (κ2) is 5.34. The lowest BCUT2D eigenvalue weighted by Gasteiger charge is -2.21. The number of carbonyl (C=O) groups is 1. The summed E-state index contributed by atoms with van der Waals surface area (Å²) in [5, 5.41) is 0. The summed E-state index contributed by atoms with van der Waals surface area (Å²) in [6.45, 7) is 8.48. The van der Waals surface area contributed by atoms with Gasteiger partial charge >= 0.3 is 0 Å². The maximum absolute atomic E-state index is 10.6. The molecule has 0 unspecified atom stereocenters. The van der Waals surface area contributed by atoms with Crippen LogP contribution in [0.1, 0.15) is 59.8 Å². The maximum Gasteiger partial charge on any atom is 0.129 e. The molecule has 0 heterocycles. The van der Waals surface area contributed by atoms with Gasteiger partial charge < -0.3 is 4.79 Å². The lowest BCUT2D eigenvalue weighted by molar-refractivity contribution is -0.117. The number of carbonyl (C=O) groups excluding carboxylic acids is 1. The lowest BCUT2D eigenvalue weighted by atomic mass is 9.84. The molecule has 0 saturated carbocycles. The number of rotatable bonds is 6. The molecule has 0 fully saturated rings. The normalized spacial score (nSPS) is 11.7. The molecule has 1 heteroatoms. The van der Waals surface area contributed by atoms with Crippen LogP contribution in [0.25, 0.3) is 0 Å². The van der Waals surface area contributed by atoms with Crippen LogP contribution in [0.2, 0.25) is 0 Å². The molecule has 0 aromatic heterocycles. The first-order valence-corrected chi connectivity index (χ1v) is 4.97. The lowest BCUT2D eigenvalue weighted by Crippen LogP contribution is -2.09. The fourth-order valence-electron chi connectivity index (χ4n) is 1.15. The maximum atomic E-state index is 10.6. The van der Waals surface area contributed by atoms with Gasteiger partial charge in [0.1, 0.15) is 5.78 Å². The van der Waals surface area contributed by atoms with Gasteiger partial charge in [-0.3, -0.25) is 0 Å². The van der Waals surface area contributed by atoms with Gasteiger partial charge in [0.05, 0.1) is 0 Å². The standard InChI is InChI=1S/C11H22O/c1-5-11(3,4)9-7-6-8-10(2)12/h5-9H2,1-4H3. The van der Waals surface area contributed by atoms with Gasteiger partial charge in [-0.15, -0.1) is 0 Å². The van der Waals surface area contributed by atoms with E-state index in [1.165, 1.54) is 19.3 Å². The smallest absolute Gasteiger partial charge is 0.129 e. The molecule has 0 spiro atoms. The Hall–Kier alpha value is -0.330. The molecule has 0 saturated heterocycles. The van der Waals surface area contributed by atoms with Gasteiger partial charge in [-0.05, 0) is 25.2 Å². The van der Waals surface area contributed by atoms with Crippen molar-refractivity contribution in [2.75, 3.05) is 0 Å². The second-order valence-electron chi connectivity index (χ2n) is 4.43. The summed E-state index contributed by atoms with van der Waals surface area (Å²) in [7, 11) is 0. The van der Waals surface area contributed by atoms with E-state index in [4.69, 9.17) is 0 Å². The Labute approximate surface area is 76.6 Å². The molecular formula is C11H22O. The third kappa shape index (κ3) is 6.38. The molecule has 0 aromatic rings. The van der Waals surface area contributed by atoms with E-state index in [1.807, 2.05) is 0 Å². The summed E-state index contributed by atoms with van der Waals surface area (Å²) >= 11 is 0. The summed E-state index contributed by atoms with van der Waals surface area (Å²) < 4.78 is 0. The molecule has 0 radical (unpaired) electrons. The van der Waals surface area contributed by atoms with E-state index >= 15 is 0 Å². The number of ketones is 1. The Balaban J connectivity index is 3.37. The van der Waals surface area contributed by atoms with Crippen molar-refractivity contribution in [3.05, 3.63) is 0 Å². The highest BCUT2D eigenvalue weighted by molar-refractivity contribution is 5.75. The zero-order valence-electron chi connectivity index (χ0n) is 8.94. The fraction of sp³-hybridized carbons (Fsp3) is 0.909. The monoisotopic (exact) mass is 170 g/mol. The number of unbranched alkanes of at least 4 members (excludes halogenated alkanes) is 1. The Morgan fingerprint density at radius 1 is 1.25 bits per heavy atom. The third-order valence-corrected chi connectivity index (χ3v) is 2.59. The Kier molecular flexibility index (Phi) is 5.19. The topological polar surface area (TPSA) is 17.1 Å². The van der Waals surface area contributed by atoms with Crippen molar-refractivity contribution in [3.63, 3.8) is 0 Å². The molecule has 0 aromatic carbocycles. The van der Waals surface area contributed by atoms with Crippen LogP contribution in [0.3, 0.4) is 0 Å². The molecule has 0 aliphatic carbocycles. The van der Waals surface area contributed by atoms with Crippen LogP contribution < -0.4 is 0 Å². The van der Waals surface area contributed by atoms with Crippen molar-refractivity contribution >= 4 is 5.78 Å². The van der Waals surface area contributed by atoms with Crippen molar-refractivity contribution < 1.29 is 4.79 Å². The molecular weight excluding hydrogens is 148 g/mol. The van der Waals surface area contributed by atoms with E-state index in [0.29, 0.717) is 11.2 Å². The van der Waals surface area contributed by atoms with Gasteiger partial charge in [-0.2, -0.15) is 0 Å². The quantitative estimate of drug-likeness (QED) is 0.557. The minimum Gasteiger partial charge on any atom is -0.300 e. The van der Waals surface area contributed by atoms with E-state index in [1.54, 1.807) is 6.92 Å². The van der Waals surface area contributed by atoms with Crippen molar-refractivity contribution in [1.29, 1.82) is 0 Å². The Bertz CT molecular complexity index is 136. The van der Waals surface area contributed by atoms with Crippen molar-refractivity contribution in [2.45, 2.75) is 59.8 Å². The molecule has 0 amide bonds. The highest BCUT2D eigenvalue weighted by atomic mass is 16.1. The van der Waals surface area contributed by atoms with Crippen LogP contribution in [-0.2, 0) is 4.79 Å². The SMILES string of the molecule is CCC(C)(C)CCCCC(C)=O. The summed E-state index contributed by atoms with van der Waals surface area (Å²) in [5.41, 5.74) is 0.469. The summed E-state index contributed by atoms with van der Waals surface area (Å²) in [4.78, 5) is 10.6. The number of hydrogen-bond donors (Lipinski definition) is 0. The molecule has 0 N–H and O–H groups in total. The van der Waals surface area contributed by atoms with E-state index in [0.717, 1.165) is 12.8 Å². The first kappa shape index (κ1) is 11.7. The van der Waals surface area contributed by atoms with E-state index in [9.17, 15) is 4.79 Å². The van der Waals surface area contributed by atoms with E-state index < -0.39 is 0 Å². The van der Waals surface area contributed by atoms with Gasteiger partial charge in [0.2, 0.25) is 0 Å². The third-order valence-electron chi connectivity index (χ3n) is 2.59. The fourth-order valence-corrected chi connectivity index (χ4v) is 1.15. The van der Waals surface area contributed by atoms with Crippen LogP contribution >= 0.6 is 0 Å². The average molecular weight is 170 g/mol. The van der Waals surface area contributed by atoms with Crippen LogP contribution in [0.4, 0.5) is 0 Å². The minimum absolute atomic E-state index is 0.323. The van der Waals surface area contributed by atoms with Crippen LogP contribution in [0.15, 0.2) is 0 Å². The molecule has 1 nitrogen and oxygen atoms in total. The molecule has 12 heavy (non-hydrogen) atoms. The van der Waals surface area contributed by atoms with Gasteiger partial charge in [0.15, 0.2) is 0 Å². The summed E-state index contributed by atoms with van der Waals surface area (Å²) in [6, 6.07) is 0. The first-order valence-electron chi connectivity index (χ1n) is 4.97. The van der Waals surface area contributed by atoms with Gasteiger partial charge in [-0.1, -0.05) is 33.6 Å². The van der Waals surface area contributed by atoms with Crippen LogP contribution in [-0.4, -0.2) is 5.78 Å². The van der Waals surface area contributed by atoms with Crippen LogP contribution in [0.5, 0.6) is 0 Å². The zero-order chi connectivity index (χ0) is 9.61. The highest BCUT2D eigenvalue weighted by Gasteiger charge is 2.13. The Morgan fingerprint density at radius 2 is 1.83 bits per heavy atom. The van der Waals surface area contributed by atoms with Crippen molar-refractivity contribution in [1.82, 2.24) is 0 Å². The predicted octanol–water partition coefficient (Wildman–Crippen LogP) is 3.57. The molecule has 0 aliphatic rings. The number of Topliss-reactive ketones (excluding diaryl/α,β-unsaturated/α-hetero) is 1. The summed E-state index contributed by atoms with van der Waals surface area (Å²) in [5.74, 6) is 0.323. The molecule has 0 rings (SSSR count). The van der Waals surface area contributed by atoms with Gasteiger partial charge in [-0.25, -0.2) is 0 Å². The minimum atomic E-state index is 0.323. The second-order valence-corrected chi connectivity index (χ2v) is 4.43. The first-order chi connectivity index (χ1) is 5.48. The van der Waals surface area contributed by atoms with E-state index in [-0.39, 0.29) is 0 Å². The molecule has 0 aliphatic heterocycles. The van der Waals surface area contributed by atoms with Gasteiger partial charge in [0.25, 0.3) is 0 Å². The zero-order valence-corrected chi connectivity index (χ0v) is 8.94. The molecule has 0 atom stereocenters. The molecule has 0 bridgehead atoms. The Morgan fingerprint density at radius 3 is 2.25 bits per heavy atom.